The Balaban J connectivity index is 1.39. The first kappa shape index (κ1) is 26.3. The van der Waals surface area contributed by atoms with Gasteiger partial charge in [-0.05, 0) is 58.7 Å². The summed E-state index contributed by atoms with van der Waals surface area (Å²) in [6.45, 7) is 4.62. The number of hydrogen-bond donors (Lipinski definition) is 0. The van der Waals surface area contributed by atoms with E-state index in [2.05, 4.69) is 104 Å². The largest absolute Gasteiger partial charge is 0.310 e. The van der Waals surface area contributed by atoms with Gasteiger partial charge in [0, 0.05) is 27.0 Å². The summed E-state index contributed by atoms with van der Waals surface area (Å²) in [6.07, 6.45) is 0. The average Bonchev–Trinajstić information content (AvgIpc) is 3.06. The van der Waals surface area contributed by atoms with Crippen LogP contribution in [0.15, 0.2) is 158 Å². The first-order valence-corrected chi connectivity index (χ1v) is 16.1. The molecule has 0 saturated heterocycles. The van der Waals surface area contributed by atoms with E-state index in [1.165, 1.54) is 22.5 Å². The van der Waals surface area contributed by atoms with Gasteiger partial charge in [0.2, 0.25) is 0 Å². The summed E-state index contributed by atoms with van der Waals surface area (Å²) in [7, 11) is -3.07. The lowest BCUT2D eigenvalue weighted by molar-refractivity contribution is 0.592. The fourth-order valence-electron chi connectivity index (χ4n) is 6.34. The zero-order valence-corrected chi connectivity index (χ0v) is 24.7. The molecule has 1 aliphatic heterocycles. The second-order valence-electron chi connectivity index (χ2n) is 11.4. The van der Waals surface area contributed by atoms with Crippen molar-refractivity contribution < 1.29 is 4.57 Å². The van der Waals surface area contributed by atoms with Gasteiger partial charge in [0.05, 0.1) is 11.4 Å². The minimum absolute atomic E-state index is 0.200. The lowest BCUT2D eigenvalue weighted by Gasteiger charge is -2.42. The summed E-state index contributed by atoms with van der Waals surface area (Å²) in [5.74, 6) is 0. The van der Waals surface area contributed by atoms with E-state index < -0.39 is 7.14 Å². The molecule has 6 aromatic carbocycles. The van der Waals surface area contributed by atoms with Gasteiger partial charge in [-0.25, -0.2) is 0 Å². The van der Waals surface area contributed by atoms with Crippen LogP contribution in [-0.2, 0) is 9.98 Å². The Morgan fingerprint density at radius 3 is 1.67 bits per heavy atom. The smallest absolute Gasteiger partial charge is 0.171 e. The molecule has 1 heterocycles. The van der Waals surface area contributed by atoms with Gasteiger partial charge in [0.25, 0.3) is 0 Å². The van der Waals surface area contributed by atoms with Gasteiger partial charge >= 0.3 is 0 Å². The van der Waals surface area contributed by atoms with Crippen LogP contribution < -0.4 is 20.8 Å². The predicted octanol–water partition coefficient (Wildman–Crippen LogP) is 9.10. The number of para-hydroxylation sites is 2. The van der Waals surface area contributed by atoms with Crippen LogP contribution in [-0.4, -0.2) is 0 Å². The van der Waals surface area contributed by atoms with Crippen molar-refractivity contribution in [3.05, 3.63) is 169 Å². The van der Waals surface area contributed by atoms with Crippen molar-refractivity contribution in [3.8, 4) is 11.1 Å². The first-order valence-electron chi connectivity index (χ1n) is 14.4. The molecule has 0 unspecified atom stereocenters. The third-order valence-electron chi connectivity index (χ3n) is 8.53. The minimum Gasteiger partial charge on any atom is -0.310 e. The Kier molecular flexibility index (Phi) is 6.45. The van der Waals surface area contributed by atoms with Gasteiger partial charge in [-0.1, -0.05) is 135 Å². The van der Waals surface area contributed by atoms with Crippen molar-refractivity contribution in [2.75, 3.05) is 4.90 Å². The molecule has 2 nitrogen and oxygen atoms in total. The van der Waals surface area contributed by atoms with Gasteiger partial charge < -0.3 is 9.46 Å². The lowest BCUT2D eigenvalue weighted by Crippen LogP contribution is -2.30. The standard InChI is InChI=1S/C39H32NOP/c1-39(2)35-23-12-13-24-37(35)40(31-16-6-3-7-17-31)38-26-25-30(28-36(38)39)29-15-14-22-34(27-29)42(41,32-18-8-4-9-19-32)33-20-10-5-11-21-33/h3-28H,1-2H3. The van der Waals surface area contributed by atoms with E-state index in [1.807, 2.05) is 72.8 Å². The zero-order chi connectivity index (χ0) is 28.7. The molecule has 0 spiro atoms. The van der Waals surface area contributed by atoms with E-state index in [4.69, 9.17) is 0 Å². The molecule has 0 aromatic heterocycles. The molecule has 0 fully saturated rings. The molecular weight excluding hydrogens is 529 g/mol. The minimum atomic E-state index is -3.07. The highest BCUT2D eigenvalue weighted by molar-refractivity contribution is 7.85. The first-order chi connectivity index (χ1) is 20.5. The fraction of sp³-hybridized carbons (Fsp3) is 0.0769. The zero-order valence-electron chi connectivity index (χ0n) is 23.8. The van der Waals surface area contributed by atoms with Crippen molar-refractivity contribution in [3.63, 3.8) is 0 Å². The lowest BCUT2D eigenvalue weighted by atomic mass is 9.73. The molecular formula is C39H32NOP. The summed E-state index contributed by atoms with van der Waals surface area (Å²) in [6, 6.07) is 54.1. The van der Waals surface area contributed by atoms with Crippen LogP contribution >= 0.6 is 7.14 Å². The van der Waals surface area contributed by atoms with Gasteiger partial charge in [-0.3, -0.25) is 0 Å². The van der Waals surface area contributed by atoms with Crippen LogP contribution in [0.2, 0.25) is 0 Å². The van der Waals surface area contributed by atoms with Crippen molar-refractivity contribution in [2.45, 2.75) is 19.3 Å². The number of nitrogens with zero attached hydrogens (tertiary/aromatic N) is 1. The molecule has 0 N–H and O–H groups in total. The maximum Gasteiger partial charge on any atom is 0.171 e. The van der Waals surface area contributed by atoms with Gasteiger partial charge in [-0.15, -0.1) is 0 Å². The molecule has 204 valence electrons. The van der Waals surface area contributed by atoms with Crippen LogP contribution in [0.5, 0.6) is 0 Å². The number of benzene rings is 6. The third kappa shape index (κ3) is 4.23. The van der Waals surface area contributed by atoms with Gasteiger partial charge in [0.1, 0.15) is 0 Å². The quantitative estimate of drug-likeness (QED) is 0.196. The Hall–Kier alpha value is -4.65. The monoisotopic (exact) mass is 561 g/mol. The summed E-state index contributed by atoms with van der Waals surface area (Å²) in [5, 5.41) is 2.52. The molecule has 7 rings (SSSR count). The molecule has 0 atom stereocenters. The topological polar surface area (TPSA) is 20.3 Å². The molecule has 6 aromatic rings. The predicted molar refractivity (Wildman–Crippen MR) is 178 cm³/mol. The second-order valence-corrected chi connectivity index (χ2v) is 14.1. The maximum atomic E-state index is 15.1. The fourth-order valence-corrected chi connectivity index (χ4v) is 9.04. The third-order valence-corrected chi connectivity index (χ3v) is 11.6. The van der Waals surface area contributed by atoms with E-state index in [9.17, 15) is 0 Å². The van der Waals surface area contributed by atoms with Crippen LogP contribution in [0.25, 0.3) is 11.1 Å². The Labute approximate surface area is 248 Å². The maximum absolute atomic E-state index is 15.1. The molecule has 3 heteroatoms. The van der Waals surface area contributed by atoms with Crippen molar-refractivity contribution >= 4 is 40.1 Å². The molecule has 0 bridgehead atoms. The van der Waals surface area contributed by atoms with Gasteiger partial charge in [0.15, 0.2) is 7.14 Å². The molecule has 0 saturated carbocycles. The highest BCUT2D eigenvalue weighted by atomic mass is 31.2. The Morgan fingerprint density at radius 1 is 0.476 bits per heavy atom. The van der Waals surface area contributed by atoms with Crippen LogP contribution in [0.4, 0.5) is 17.1 Å². The van der Waals surface area contributed by atoms with Crippen LogP contribution in [0.3, 0.4) is 0 Å². The normalized spacial score (nSPS) is 13.7. The summed E-state index contributed by atoms with van der Waals surface area (Å²) in [4.78, 5) is 2.37. The second kappa shape index (κ2) is 10.3. The van der Waals surface area contributed by atoms with Crippen molar-refractivity contribution in [1.29, 1.82) is 0 Å². The summed E-state index contributed by atoms with van der Waals surface area (Å²) >= 11 is 0. The van der Waals surface area contributed by atoms with Crippen LogP contribution in [0.1, 0.15) is 25.0 Å². The SMILES string of the molecule is CC1(C)c2ccccc2N(c2ccccc2)c2ccc(-c3cccc(P(=O)(c4ccccc4)c4ccccc4)c3)cc21. The average molecular weight is 562 g/mol. The van der Waals surface area contributed by atoms with Crippen LogP contribution in [0, 0.1) is 0 Å². The van der Waals surface area contributed by atoms with E-state index in [-0.39, 0.29) is 5.41 Å². The molecule has 42 heavy (non-hydrogen) atoms. The van der Waals surface area contributed by atoms with E-state index >= 15 is 4.57 Å². The van der Waals surface area contributed by atoms with Crippen molar-refractivity contribution in [1.82, 2.24) is 0 Å². The number of rotatable bonds is 5. The highest BCUT2D eigenvalue weighted by Gasteiger charge is 2.37. The van der Waals surface area contributed by atoms with Gasteiger partial charge in [-0.2, -0.15) is 0 Å². The van der Waals surface area contributed by atoms with Crippen molar-refractivity contribution in [2.24, 2.45) is 0 Å². The summed E-state index contributed by atoms with van der Waals surface area (Å²) in [5.41, 5.74) is 8.07. The van der Waals surface area contributed by atoms with E-state index in [0.717, 1.165) is 32.7 Å². The highest BCUT2D eigenvalue weighted by Crippen LogP contribution is 2.52. The number of anilines is 3. The van der Waals surface area contributed by atoms with E-state index in [1.54, 1.807) is 0 Å². The summed E-state index contributed by atoms with van der Waals surface area (Å²) < 4.78 is 15.1. The molecule has 1 aliphatic rings. The molecule has 0 aliphatic carbocycles. The van der Waals surface area contributed by atoms with E-state index in [0.29, 0.717) is 0 Å². The number of hydrogen-bond acceptors (Lipinski definition) is 2. The Bertz CT molecular complexity index is 1890. The number of fused-ring (bicyclic) bond motifs is 2. The molecule has 0 amide bonds. The molecule has 0 radical (unpaired) electrons. The Morgan fingerprint density at radius 2 is 1.00 bits per heavy atom.